The van der Waals surface area contributed by atoms with Crippen LogP contribution in [-0.2, 0) is 0 Å². The average molecular weight is 178 g/mol. The van der Waals surface area contributed by atoms with Gasteiger partial charge in [0.2, 0.25) is 0 Å². The van der Waals surface area contributed by atoms with Crippen molar-refractivity contribution >= 4 is 6.08 Å². The molecule has 0 saturated heterocycles. The van der Waals surface area contributed by atoms with Crippen LogP contribution in [0.4, 0.5) is 0 Å². The molecule has 0 aliphatic carbocycles. The Labute approximate surface area is 78.5 Å². The van der Waals surface area contributed by atoms with Crippen LogP contribution in [0.2, 0.25) is 0 Å². The van der Waals surface area contributed by atoms with Crippen molar-refractivity contribution in [3.05, 3.63) is 35.9 Å². The number of aliphatic hydroxyl groups is 1. The lowest BCUT2D eigenvalue weighted by Gasteiger charge is -1.98. The molecule has 2 nitrogen and oxygen atoms in total. The van der Waals surface area contributed by atoms with Crippen LogP contribution in [0.15, 0.2) is 30.3 Å². The molecule has 0 unspecified atom stereocenters. The zero-order chi connectivity index (χ0) is 9.52. The summed E-state index contributed by atoms with van der Waals surface area (Å²) in [6.07, 6.45) is 4.63. The SMILES string of the molecule is COc1ccc(/C=C/CCO)cc1. The van der Waals surface area contributed by atoms with Gasteiger partial charge in [-0.05, 0) is 24.1 Å². The highest BCUT2D eigenvalue weighted by Gasteiger charge is 1.88. The molecule has 0 atom stereocenters. The maximum Gasteiger partial charge on any atom is 0.118 e. The molecule has 0 amide bonds. The van der Waals surface area contributed by atoms with E-state index in [4.69, 9.17) is 9.84 Å². The highest BCUT2D eigenvalue weighted by Crippen LogP contribution is 2.12. The molecule has 1 N–H and O–H groups in total. The third-order valence-electron chi connectivity index (χ3n) is 1.72. The molecule has 0 heterocycles. The summed E-state index contributed by atoms with van der Waals surface area (Å²) < 4.78 is 5.03. The predicted molar refractivity (Wildman–Crippen MR) is 53.7 cm³/mol. The standard InChI is InChI=1S/C11H14O2/c1-13-11-7-5-10(6-8-11)4-2-3-9-12/h2,4-8,12H,3,9H2,1H3/b4-2+. The molecule has 0 bridgehead atoms. The predicted octanol–water partition coefficient (Wildman–Crippen LogP) is 2.09. The van der Waals surface area contributed by atoms with Gasteiger partial charge in [-0.15, -0.1) is 0 Å². The summed E-state index contributed by atoms with van der Waals surface area (Å²) in [4.78, 5) is 0. The number of benzene rings is 1. The Hall–Kier alpha value is -1.28. The van der Waals surface area contributed by atoms with Crippen LogP contribution >= 0.6 is 0 Å². The van der Waals surface area contributed by atoms with Gasteiger partial charge >= 0.3 is 0 Å². The molecule has 1 rings (SSSR count). The average Bonchev–Trinajstić information content (AvgIpc) is 2.19. The molecule has 1 aromatic rings. The van der Waals surface area contributed by atoms with Crippen molar-refractivity contribution in [2.45, 2.75) is 6.42 Å². The lowest BCUT2D eigenvalue weighted by Crippen LogP contribution is -1.81. The van der Waals surface area contributed by atoms with Gasteiger partial charge in [-0.2, -0.15) is 0 Å². The Bertz CT molecular complexity index is 262. The highest BCUT2D eigenvalue weighted by molar-refractivity contribution is 5.50. The van der Waals surface area contributed by atoms with E-state index in [1.54, 1.807) is 7.11 Å². The molecule has 1 aromatic carbocycles. The summed E-state index contributed by atoms with van der Waals surface area (Å²) in [5, 5.41) is 8.56. The maximum absolute atomic E-state index is 8.56. The first-order valence-electron chi connectivity index (χ1n) is 4.28. The van der Waals surface area contributed by atoms with E-state index in [-0.39, 0.29) is 6.61 Å². The topological polar surface area (TPSA) is 29.5 Å². The number of aliphatic hydroxyl groups excluding tert-OH is 1. The lowest BCUT2D eigenvalue weighted by atomic mass is 10.2. The lowest BCUT2D eigenvalue weighted by molar-refractivity contribution is 0.303. The van der Waals surface area contributed by atoms with Crippen LogP contribution < -0.4 is 4.74 Å². The largest absolute Gasteiger partial charge is 0.497 e. The molecule has 0 fully saturated rings. The Morgan fingerprint density at radius 3 is 2.54 bits per heavy atom. The molecule has 13 heavy (non-hydrogen) atoms. The molecule has 0 aliphatic rings. The minimum absolute atomic E-state index is 0.201. The van der Waals surface area contributed by atoms with Gasteiger partial charge in [-0.25, -0.2) is 0 Å². The summed E-state index contributed by atoms with van der Waals surface area (Å²) in [6.45, 7) is 0.201. The number of hydrogen-bond donors (Lipinski definition) is 1. The molecule has 0 aliphatic heterocycles. The van der Waals surface area contributed by atoms with E-state index in [2.05, 4.69) is 0 Å². The van der Waals surface area contributed by atoms with E-state index in [1.165, 1.54) is 0 Å². The number of methoxy groups -OCH3 is 1. The third kappa shape index (κ3) is 3.30. The second kappa shape index (κ2) is 5.38. The van der Waals surface area contributed by atoms with Crippen molar-refractivity contribution in [3.63, 3.8) is 0 Å². The monoisotopic (exact) mass is 178 g/mol. The van der Waals surface area contributed by atoms with Gasteiger partial charge in [-0.1, -0.05) is 24.3 Å². The van der Waals surface area contributed by atoms with Crippen LogP contribution in [0, 0.1) is 0 Å². The van der Waals surface area contributed by atoms with E-state index >= 15 is 0 Å². The Morgan fingerprint density at radius 2 is 2.00 bits per heavy atom. The normalized spacial score (nSPS) is 10.6. The zero-order valence-electron chi connectivity index (χ0n) is 7.73. The molecule has 0 radical (unpaired) electrons. The number of rotatable bonds is 4. The van der Waals surface area contributed by atoms with Crippen molar-refractivity contribution in [1.29, 1.82) is 0 Å². The molecule has 0 saturated carbocycles. The summed E-state index contributed by atoms with van der Waals surface area (Å²) in [5.74, 6) is 0.860. The van der Waals surface area contributed by atoms with Gasteiger partial charge in [0.25, 0.3) is 0 Å². The number of hydrogen-bond acceptors (Lipinski definition) is 2. The first-order valence-corrected chi connectivity index (χ1v) is 4.28. The van der Waals surface area contributed by atoms with Crippen molar-refractivity contribution in [3.8, 4) is 5.75 Å². The molecule has 70 valence electrons. The Kier molecular flexibility index (Phi) is 4.06. The fourth-order valence-electron chi connectivity index (χ4n) is 1.01. The summed E-state index contributed by atoms with van der Waals surface area (Å²) in [6, 6.07) is 7.79. The summed E-state index contributed by atoms with van der Waals surface area (Å²) in [7, 11) is 1.65. The maximum atomic E-state index is 8.56. The summed E-state index contributed by atoms with van der Waals surface area (Å²) in [5.41, 5.74) is 1.12. The van der Waals surface area contributed by atoms with Gasteiger partial charge in [-0.3, -0.25) is 0 Å². The van der Waals surface area contributed by atoms with Crippen molar-refractivity contribution in [1.82, 2.24) is 0 Å². The Balaban J connectivity index is 2.58. The van der Waals surface area contributed by atoms with E-state index in [0.717, 1.165) is 11.3 Å². The first-order chi connectivity index (χ1) is 6.36. The second-order valence-corrected chi connectivity index (χ2v) is 2.69. The van der Waals surface area contributed by atoms with Crippen molar-refractivity contribution in [2.24, 2.45) is 0 Å². The molecular formula is C11H14O2. The van der Waals surface area contributed by atoms with Crippen LogP contribution in [0.3, 0.4) is 0 Å². The molecule has 0 spiro atoms. The fraction of sp³-hybridized carbons (Fsp3) is 0.273. The van der Waals surface area contributed by atoms with E-state index in [0.29, 0.717) is 6.42 Å². The van der Waals surface area contributed by atoms with Gasteiger partial charge in [0.15, 0.2) is 0 Å². The Morgan fingerprint density at radius 1 is 1.31 bits per heavy atom. The van der Waals surface area contributed by atoms with E-state index < -0.39 is 0 Å². The quantitative estimate of drug-likeness (QED) is 0.765. The van der Waals surface area contributed by atoms with E-state index in [9.17, 15) is 0 Å². The van der Waals surface area contributed by atoms with Gasteiger partial charge in [0.05, 0.1) is 7.11 Å². The minimum atomic E-state index is 0.201. The van der Waals surface area contributed by atoms with Gasteiger partial charge in [0, 0.05) is 6.61 Å². The van der Waals surface area contributed by atoms with Gasteiger partial charge in [0.1, 0.15) is 5.75 Å². The third-order valence-corrected chi connectivity index (χ3v) is 1.72. The van der Waals surface area contributed by atoms with Crippen molar-refractivity contribution in [2.75, 3.05) is 13.7 Å². The second-order valence-electron chi connectivity index (χ2n) is 2.69. The van der Waals surface area contributed by atoms with Crippen LogP contribution in [-0.4, -0.2) is 18.8 Å². The fourth-order valence-corrected chi connectivity index (χ4v) is 1.01. The number of ether oxygens (including phenoxy) is 1. The van der Waals surface area contributed by atoms with E-state index in [1.807, 2.05) is 36.4 Å². The van der Waals surface area contributed by atoms with Crippen LogP contribution in [0.5, 0.6) is 5.75 Å². The minimum Gasteiger partial charge on any atom is -0.497 e. The van der Waals surface area contributed by atoms with Crippen molar-refractivity contribution < 1.29 is 9.84 Å². The first kappa shape index (κ1) is 9.81. The molecular weight excluding hydrogens is 164 g/mol. The highest BCUT2D eigenvalue weighted by atomic mass is 16.5. The van der Waals surface area contributed by atoms with Gasteiger partial charge < -0.3 is 9.84 Å². The zero-order valence-corrected chi connectivity index (χ0v) is 7.73. The summed E-state index contributed by atoms with van der Waals surface area (Å²) >= 11 is 0. The smallest absolute Gasteiger partial charge is 0.118 e. The van der Waals surface area contributed by atoms with Crippen LogP contribution in [0.1, 0.15) is 12.0 Å². The van der Waals surface area contributed by atoms with Crippen LogP contribution in [0.25, 0.3) is 6.08 Å². The molecule has 0 aromatic heterocycles. The molecule has 2 heteroatoms.